The maximum Gasteiger partial charge on any atom is 0.239 e. The molecule has 1 aromatic rings. The average molecular weight is 306 g/mol. The van der Waals surface area contributed by atoms with E-state index < -0.39 is 0 Å². The lowest BCUT2D eigenvalue weighted by Crippen LogP contribution is -2.55. The third-order valence-corrected chi connectivity index (χ3v) is 4.82. The Labute approximate surface area is 132 Å². The van der Waals surface area contributed by atoms with Crippen LogP contribution in [0.4, 0.5) is 0 Å². The minimum atomic E-state index is -0.0536. The molecule has 22 heavy (non-hydrogen) atoms. The van der Waals surface area contributed by atoms with Gasteiger partial charge in [-0.15, -0.1) is 0 Å². The molecule has 1 aromatic heterocycles. The van der Waals surface area contributed by atoms with E-state index in [1.807, 2.05) is 23.9 Å². The van der Waals surface area contributed by atoms with Crippen LogP contribution in [0.1, 0.15) is 26.2 Å². The van der Waals surface area contributed by atoms with Crippen molar-refractivity contribution in [1.82, 2.24) is 19.6 Å². The van der Waals surface area contributed by atoms with Gasteiger partial charge in [0.2, 0.25) is 5.91 Å². The topological polar surface area (TPSA) is 50.6 Å². The van der Waals surface area contributed by atoms with Gasteiger partial charge in [0.05, 0.1) is 31.8 Å². The Kier molecular flexibility index (Phi) is 5.10. The SMILES string of the molecule is CC(C(=O)N1CCCCC1Cn1cccn1)N1CCOCC1. The van der Waals surface area contributed by atoms with Crippen LogP contribution in [0.2, 0.25) is 0 Å². The molecule has 2 atom stereocenters. The van der Waals surface area contributed by atoms with Crippen molar-refractivity contribution in [2.24, 2.45) is 0 Å². The zero-order chi connectivity index (χ0) is 15.4. The number of amides is 1. The molecule has 1 amide bonds. The van der Waals surface area contributed by atoms with E-state index in [2.05, 4.69) is 14.9 Å². The molecule has 0 saturated carbocycles. The van der Waals surface area contributed by atoms with E-state index in [0.29, 0.717) is 0 Å². The molecule has 2 aliphatic heterocycles. The summed E-state index contributed by atoms with van der Waals surface area (Å²) in [6.45, 7) is 6.87. The largest absolute Gasteiger partial charge is 0.379 e. The van der Waals surface area contributed by atoms with Gasteiger partial charge in [-0.25, -0.2) is 0 Å². The van der Waals surface area contributed by atoms with Crippen molar-refractivity contribution in [3.8, 4) is 0 Å². The van der Waals surface area contributed by atoms with E-state index in [0.717, 1.165) is 52.2 Å². The van der Waals surface area contributed by atoms with Crippen LogP contribution in [0.5, 0.6) is 0 Å². The molecule has 0 aliphatic carbocycles. The van der Waals surface area contributed by atoms with Gasteiger partial charge in [0.1, 0.15) is 0 Å². The monoisotopic (exact) mass is 306 g/mol. The number of hydrogen-bond donors (Lipinski definition) is 0. The fourth-order valence-corrected chi connectivity index (χ4v) is 3.47. The van der Waals surface area contributed by atoms with Gasteiger partial charge in [-0.1, -0.05) is 0 Å². The molecule has 2 aliphatic rings. The molecule has 3 rings (SSSR count). The highest BCUT2D eigenvalue weighted by atomic mass is 16.5. The normalized spacial score (nSPS) is 25.1. The molecule has 0 bridgehead atoms. The summed E-state index contributed by atoms with van der Waals surface area (Å²) in [5.74, 6) is 0.263. The minimum absolute atomic E-state index is 0.0536. The van der Waals surface area contributed by atoms with Crippen LogP contribution < -0.4 is 0 Å². The number of likely N-dealkylation sites (tertiary alicyclic amines) is 1. The molecule has 6 heteroatoms. The molecule has 6 nitrogen and oxygen atoms in total. The lowest BCUT2D eigenvalue weighted by Gasteiger charge is -2.40. The second-order valence-electron chi connectivity index (χ2n) is 6.23. The molecule has 2 saturated heterocycles. The quantitative estimate of drug-likeness (QED) is 0.832. The predicted molar refractivity (Wildman–Crippen MR) is 83.4 cm³/mol. The summed E-state index contributed by atoms with van der Waals surface area (Å²) < 4.78 is 7.33. The second kappa shape index (κ2) is 7.24. The molecular formula is C16H26N4O2. The first-order chi connectivity index (χ1) is 10.8. The highest BCUT2D eigenvalue weighted by Gasteiger charge is 2.32. The van der Waals surface area contributed by atoms with Crippen molar-refractivity contribution < 1.29 is 9.53 Å². The first-order valence-corrected chi connectivity index (χ1v) is 8.35. The highest BCUT2D eigenvalue weighted by Crippen LogP contribution is 2.21. The zero-order valence-corrected chi connectivity index (χ0v) is 13.4. The van der Waals surface area contributed by atoms with E-state index >= 15 is 0 Å². The van der Waals surface area contributed by atoms with Crippen molar-refractivity contribution in [3.63, 3.8) is 0 Å². The van der Waals surface area contributed by atoms with Crippen molar-refractivity contribution >= 4 is 5.91 Å². The van der Waals surface area contributed by atoms with E-state index in [4.69, 9.17) is 4.74 Å². The summed E-state index contributed by atoms with van der Waals surface area (Å²) in [4.78, 5) is 17.3. The van der Waals surface area contributed by atoms with Crippen LogP contribution >= 0.6 is 0 Å². The number of nitrogens with zero attached hydrogens (tertiary/aromatic N) is 4. The van der Waals surface area contributed by atoms with Gasteiger partial charge in [-0.05, 0) is 32.3 Å². The molecule has 3 heterocycles. The number of carbonyl (C=O) groups excluding carboxylic acids is 1. The first-order valence-electron chi connectivity index (χ1n) is 8.35. The van der Waals surface area contributed by atoms with Gasteiger partial charge in [0.25, 0.3) is 0 Å². The highest BCUT2D eigenvalue weighted by molar-refractivity contribution is 5.82. The van der Waals surface area contributed by atoms with Crippen LogP contribution in [0.25, 0.3) is 0 Å². The molecule has 0 spiro atoms. The van der Waals surface area contributed by atoms with Gasteiger partial charge in [0, 0.05) is 32.0 Å². The van der Waals surface area contributed by atoms with Gasteiger partial charge in [-0.3, -0.25) is 14.4 Å². The average Bonchev–Trinajstić information content (AvgIpc) is 3.08. The maximum atomic E-state index is 13.0. The van der Waals surface area contributed by atoms with Crippen molar-refractivity contribution in [1.29, 1.82) is 0 Å². The lowest BCUT2D eigenvalue weighted by atomic mass is 10.0. The standard InChI is InChI=1S/C16H26N4O2/c1-14(18-9-11-22-12-10-18)16(21)20-8-3-2-5-15(20)13-19-7-4-6-17-19/h4,6-7,14-15H,2-3,5,8-13H2,1H3. The lowest BCUT2D eigenvalue weighted by molar-refractivity contribution is -0.142. The summed E-state index contributed by atoms with van der Waals surface area (Å²) in [5, 5.41) is 4.29. The summed E-state index contributed by atoms with van der Waals surface area (Å²) in [6, 6.07) is 2.15. The third-order valence-electron chi connectivity index (χ3n) is 4.82. The number of carbonyl (C=O) groups is 1. The van der Waals surface area contributed by atoms with Crippen LogP contribution in [0.15, 0.2) is 18.5 Å². The summed E-state index contributed by atoms with van der Waals surface area (Å²) in [6.07, 6.45) is 7.15. The zero-order valence-electron chi connectivity index (χ0n) is 13.4. The van der Waals surface area contributed by atoms with Gasteiger partial charge in [0.15, 0.2) is 0 Å². The number of piperidine rings is 1. The Hall–Kier alpha value is -1.40. The fraction of sp³-hybridized carbons (Fsp3) is 0.750. The van der Waals surface area contributed by atoms with Gasteiger partial charge >= 0.3 is 0 Å². The smallest absolute Gasteiger partial charge is 0.239 e. The van der Waals surface area contributed by atoms with Crippen LogP contribution in [0, 0.1) is 0 Å². The van der Waals surface area contributed by atoms with Gasteiger partial charge < -0.3 is 9.64 Å². The van der Waals surface area contributed by atoms with Crippen LogP contribution in [-0.4, -0.2) is 70.4 Å². The predicted octanol–water partition coefficient (Wildman–Crippen LogP) is 0.985. The maximum absolute atomic E-state index is 13.0. The molecule has 0 aromatic carbocycles. The minimum Gasteiger partial charge on any atom is -0.379 e. The van der Waals surface area contributed by atoms with Crippen molar-refractivity contribution in [3.05, 3.63) is 18.5 Å². The Balaban J connectivity index is 1.65. The summed E-state index contributed by atoms with van der Waals surface area (Å²) in [5.41, 5.74) is 0. The van der Waals surface area contributed by atoms with Gasteiger partial charge in [-0.2, -0.15) is 5.10 Å². The molecule has 2 fully saturated rings. The van der Waals surface area contributed by atoms with E-state index in [1.54, 1.807) is 6.20 Å². The first kappa shape index (κ1) is 15.5. The van der Waals surface area contributed by atoms with E-state index in [-0.39, 0.29) is 18.0 Å². The van der Waals surface area contributed by atoms with Crippen LogP contribution in [-0.2, 0) is 16.1 Å². The van der Waals surface area contributed by atoms with Crippen molar-refractivity contribution in [2.45, 2.75) is 44.8 Å². The summed E-state index contributed by atoms with van der Waals surface area (Å²) in [7, 11) is 0. The van der Waals surface area contributed by atoms with E-state index in [1.165, 1.54) is 6.42 Å². The molecule has 122 valence electrons. The number of hydrogen-bond acceptors (Lipinski definition) is 4. The number of ether oxygens (including phenoxy) is 1. The molecule has 0 N–H and O–H groups in total. The number of rotatable bonds is 4. The van der Waals surface area contributed by atoms with E-state index in [9.17, 15) is 4.79 Å². The Bertz CT molecular complexity index is 471. The number of aromatic nitrogens is 2. The third kappa shape index (κ3) is 3.50. The molecule has 2 unspecified atom stereocenters. The van der Waals surface area contributed by atoms with Crippen LogP contribution in [0.3, 0.4) is 0 Å². The van der Waals surface area contributed by atoms with Crippen molar-refractivity contribution in [2.75, 3.05) is 32.8 Å². The fourth-order valence-electron chi connectivity index (χ4n) is 3.47. The number of morpholine rings is 1. The molecular weight excluding hydrogens is 280 g/mol. The molecule has 0 radical (unpaired) electrons. The summed E-state index contributed by atoms with van der Waals surface area (Å²) >= 11 is 0. The Morgan fingerprint density at radius 3 is 2.86 bits per heavy atom. The Morgan fingerprint density at radius 1 is 1.32 bits per heavy atom. The second-order valence-corrected chi connectivity index (χ2v) is 6.23. The Morgan fingerprint density at radius 2 is 2.14 bits per heavy atom.